The highest BCUT2D eigenvalue weighted by Crippen LogP contribution is 2.03. The second-order valence-corrected chi connectivity index (χ2v) is 5.60. The van der Waals surface area contributed by atoms with Crippen LogP contribution in [0.15, 0.2) is 42.5 Å². The van der Waals surface area contributed by atoms with E-state index < -0.39 is 11.9 Å². The maximum atomic E-state index is 11.7. The molecule has 1 aromatic rings. The van der Waals surface area contributed by atoms with Crippen LogP contribution >= 0.6 is 0 Å². The predicted molar refractivity (Wildman–Crippen MR) is 96.6 cm³/mol. The van der Waals surface area contributed by atoms with E-state index in [1.54, 1.807) is 0 Å². The Morgan fingerprint density at radius 2 is 1.62 bits per heavy atom. The fourth-order valence-corrected chi connectivity index (χ4v) is 1.93. The number of benzene rings is 1. The summed E-state index contributed by atoms with van der Waals surface area (Å²) in [5, 5.41) is 0. The molecule has 0 fully saturated rings. The van der Waals surface area contributed by atoms with E-state index in [-0.39, 0.29) is 19.0 Å². The largest absolute Gasteiger partial charge is 0.460 e. The molecule has 0 amide bonds. The first kappa shape index (κ1) is 21.6. The molecule has 6 heteroatoms. The van der Waals surface area contributed by atoms with E-state index in [4.69, 9.17) is 14.2 Å². The maximum absolute atomic E-state index is 11.7. The Morgan fingerprint density at radius 1 is 0.923 bits per heavy atom. The van der Waals surface area contributed by atoms with Crippen LogP contribution in [-0.4, -0.2) is 44.1 Å². The Labute approximate surface area is 154 Å². The fourth-order valence-electron chi connectivity index (χ4n) is 1.93. The summed E-state index contributed by atoms with van der Waals surface area (Å²) < 4.78 is 14.9. The number of carbonyl (C=O) groups excluding carboxylic acids is 3. The van der Waals surface area contributed by atoms with Gasteiger partial charge >= 0.3 is 11.9 Å². The minimum atomic E-state index is -0.755. The fraction of sp³-hybridized carbons (Fsp3) is 0.450. The van der Waals surface area contributed by atoms with Crippen LogP contribution in [0.4, 0.5) is 0 Å². The molecule has 0 radical (unpaired) electrons. The zero-order valence-corrected chi connectivity index (χ0v) is 15.1. The molecule has 1 rings (SSSR count). The molecule has 142 valence electrons. The first-order valence-corrected chi connectivity index (χ1v) is 8.76. The van der Waals surface area contributed by atoms with Gasteiger partial charge in [0.25, 0.3) is 0 Å². The van der Waals surface area contributed by atoms with Crippen molar-refractivity contribution < 1.29 is 28.6 Å². The smallest absolute Gasteiger partial charge is 0.331 e. The average molecular weight is 362 g/mol. The molecule has 1 aromatic carbocycles. The Hall–Kier alpha value is -2.47. The van der Waals surface area contributed by atoms with Gasteiger partial charge < -0.3 is 14.2 Å². The van der Waals surface area contributed by atoms with Gasteiger partial charge in [-0.2, -0.15) is 0 Å². The third-order valence-electron chi connectivity index (χ3n) is 3.38. The number of hydrogen-bond acceptors (Lipinski definition) is 6. The van der Waals surface area contributed by atoms with E-state index in [9.17, 15) is 14.4 Å². The van der Waals surface area contributed by atoms with Crippen LogP contribution < -0.4 is 0 Å². The normalized spacial score (nSPS) is 10.7. The van der Waals surface area contributed by atoms with Crippen LogP contribution in [-0.2, 0) is 35.0 Å². The lowest BCUT2D eigenvalue weighted by atomic mass is 10.1. The third kappa shape index (κ3) is 11.1. The van der Waals surface area contributed by atoms with E-state index in [1.807, 2.05) is 30.3 Å². The number of Topliss-reactive ketones (excluding diaryl/α,β-unsaturated/α-hetero) is 1. The lowest BCUT2D eigenvalue weighted by Crippen LogP contribution is -2.13. The first-order chi connectivity index (χ1) is 12.6. The molecule has 0 aliphatic rings. The third-order valence-corrected chi connectivity index (χ3v) is 3.38. The summed E-state index contributed by atoms with van der Waals surface area (Å²) in [6, 6.07) is 9.58. The summed E-state index contributed by atoms with van der Waals surface area (Å²) in [5.41, 5.74) is 1.05. The Kier molecular flexibility index (Phi) is 11.4. The number of ketones is 1. The van der Waals surface area contributed by atoms with Crippen LogP contribution in [0.1, 0.15) is 31.7 Å². The Bertz CT molecular complexity index is 579. The van der Waals surface area contributed by atoms with Crippen molar-refractivity contribution in [2.45, 2.75) is 32.6 Å². The van der Waals surface area contributed by atoms with Gasteiger partial charge in [-0.1, -0.05) is 43.7 Å². The maximum Gasteiger partial charge on any atom is 0.331 e. The van der Waals surface area contributed by atoms with Crippen LogP contribution in [0.5, 0.6) is 0 Å². The number of hydrogen-bond donors (Lipinski definition) is 0. The molecule has 6 nitrogen and oxygen atoms in total. The molecule has 0 saturated heterocycles. The van der Waals surface area contributed by atoms with E-state index in [0.29, 0.717) is 26.1 Å². The molecule has 0 aliphatic heterocycles. The second kappa shape index (κ2) is 13.8. The molecule has 0 N–H and O–H groups in total. The number of esters is 2. The highest BCUT2D eigenvalue weighted by atomic mass is 16.6. The lowest BCUT2D eigenvalue weighted by Gasteiger charge is -2.04. The van der Waals surface area contributed by atoms with Crippen molar-refractivity contribution in [1.29, 1.82) is 0 Å². The van der Waals surface area contributed by atoms with Gasteiger partial charge in [0.2, 0.25) is 0 Å². The lowest BCUT2D eigenvalue weighted by molar-refractivity contribution is -0.144. The number of ether oxygens (including phenoxy) is 3. The number of aryl methyl sites for hydroxylation is 1. The summed E-state index contributed by atoms with van der Waals surface area (Å²) in [7, 11) is 0. The SMILES string of the molecule is CCCCOCCOC(=O)/C=C/C(=O)OCC(=O)CCc1ccccc1. The highest BCUT2D eigenvalue weighted by molar-refractivity contribution is 5.92. The van der Waals surface area contributed by atoms with Crippen LogP contribution in [0.2, 0.25) is 0 Å². The summed E-state index contributed by atoms with van der Waals surface area (Å²) >= 11 is 0. The van der Waals surface area contributed by atoms with Crippen molar-refractivity contribution in [3.63, 3.8) is 0 Å². The van der Waals surface area contributed by atoms with Crippen LogP contribution in [0.3, 0.4) is 0 Å². The van der Waals surface area contributed by atoms with E-state index >= 15 is 0 Å². The molecule has 0 unspecified atom stereocenters. The van der Waals surface area contributed by atoms with Crippen molar-refractivity contribution in [3.8, 4) is 0 Å². The topological polar surface area (TPSA) is 78.9 Å². The molecule has 0 saturated carbocycles. The minimum absolute atomic E-state index is 0.125. The summed E-state index contributed by atoms with van der Waals surface area (Å²) in [6.45, 7) is 2.83. The molecule has 26 heavy (non-hydrogen) atoms. The molecule has 0 aliphatic carbocycles. The average Bonchev–Trinajstić information content (AvgIpc) is 2.66. The van der Waals surface area contributed by atoms with Crippen molar-refractivity contribution in [1.82, 2.24) is 0 Å². The standard InChI is InChI=1S/C20H26O6/c1-2-3-13-24-14-15-25-19(22)11-12-20(23)26-16-18(21)10-9-17-7-5-4-6-8-17/h4-8,11-12H,2-3,9-10,13-16H2,1H3/b12-11+. The van der Waals surface area contributed by atoms with E-state index in [0.717, 1.165) is 30.6 Å². The minimum Gasteiger partial charge on any atom is -0.460 e. The van der Waals surface area contributed by atoms with Crippen molar-refractivity contribution in [2.75, 3.05) is 26.4 Å². The van der Waals surface area contributed by atoms with Gasteiger partial charge in [0.05, 0.1) is 6.61 Å². The van der Waals surface area contributed by atoms with E-state index in [1.165, 1.54) is 0 Å². The molecule has 0 bridgehead atoms. The van der Waals surface area contributed by atoms with Crippen molar-refractivity contribution in [3.05, 3.63) is 48.0 Å². The summed E-state index contributed by atoms with van der Waals surface area (Å²) in [4.78, 5) is 34.6. The summed E-state index contributed by atoms with van der Waals surface area (Å²) in [6.07, 6.45) is 4.82. The van der Waals surface area contributed by atoms with Gasteiger partial charge in [0.15, 0.2) is 5.78 Å². The zero-order chi connectivity index (χ0) is 19.0. The van der Waals surface area contributed by atoms with Gasteiger partial charge in [-0.25, -0.2) is 9.59 Å². The summed E-state index contributed by atoms with van der Waals surface area (Å²) in [5.74, 6) is -1.59. The van der Waals surface area contributed by atoms with Crippen LogP contribution in [0, 0.1) is 0 Å². The van der Waals surface area contributed by atoms with Crippen molar-refractivity contribution >= 4 is 17.7 Å². The quantitative estimate of drug-likeness (QED) is 0.305. The van der Waals surface area contributed by atoms with Gasteiger partial charge in [0.1, 0.15) is 13.2 Å². The van der Waals surface area contributed by atoms with Gasteiger partial charge in [0, 0.05) is 25.2 Å². The van der Waals surface area contributed by atoms with Gasteiger partial charge in [-0.3, -0.25) is 4.79 Å². The molecule has 0 aromatic heterocycles. The van der Waals surface area contributed by atoms with Gasteiger partial charge in [-0.05, 0) is 18.4 Å². The number of rotatable bonds is 13. The Morgan fingerprint density at radius 3 is 2.31 bits per heavy atom. The second-order valence-electron chi connectivity index (χ2n) is 5.60. The molecule has 0 spiro atoms. The van der Waals surface area contributed by atoms with Crippen LogP contribution in [0.25, 0.3) is 0 Å². The van der Waals surface area contributed by atoms with E-state index in [2.05, 4.69) is 6.92 Å². The molecular formula is C20H26O6. The zero-order valence-electron chi connectivity index (χ0n) is 15.1. The predicted octanol–water partition coefficient (Wildman–Crippen LogP) is 2.65. The van der Waals surface area contributed by atoms with Crippen molar-refractivity contribution in [2.24, 2.45) is 0 Å². The first-order valence-electron chi connectivity index (χ1n) is 8.76. The molecule has 0 atom stereocenters. The number of unbranched alkanes of at least 4 members (excludes halogenated alkanes) is 1. The highest BCUT2D eigenvalue weighted by Gasteiger charge is 2.07. The molecular weight excluding hydrogens is 336 g/mol. The van der Waals surface area contributed by atoms with Gasteiger partial charge in [-0.15, -0.1) is 0 Å². The monoisotopic (exact) mass is 362 g/mol. The Balaban J connectivity index is 2.11. The molecule has 0 heterocycles. The number of carbonyl (C=O) groups is 3.